The normalized spacial score (nSPS) is 14.7. The lowest BCUT2D eigenvalue weighted by atomic mass is 9.95. The van der Waals surface area contributed by atoms with Crippen LogP contribution in [0, 0.1) is 11.7 Å². The molecule has 0 aliphatic heterocycles. The predicted octanol–water partition coefficient (Wildman–Crippen LogP) is 8.91. The van der Waals surface area contributed by atoms with Crippen LogP contribution in [-0.4, -0.2) is 18.1 Å². The van der Waals surface area contributed by atoms with Crippen molar-refractivity contribution >= 4 is 27.7 Å². The van der Waals surface area contributed by atoms with Gasteiger partial charge in [0.1, 0.15) is 5.82 Å². The molecule has 40 heavy (non-hydrogen) atoms. The van der Waals surface area contributed by atoms with Gasteiger partial charge in [-0.15, -0.1) is 0 Å². The maximum absolute atomic E-state index is 13.5. The van der Waals surface area contributed by atoms with Crippen LogP contribution in [-0.2, 0) is 0 Å². The zero-order valence-corrected chi connectivity index (χ0v) is 23.3. The molecular weight excluding hydrogens is 493 g/mol. The third kappa shape index (κ3) is 6.03. The van der Waals surface area contributed by atoms with Gasteiger partial charge in [-0.05, 0) is 96.5 Å². The molecule has 4 N–H and O–H groups in total. The lowest BCUT2D eigenvalue weighted by molar-refractivity contribution is 0.503. The Morgan fingerprint density at radius 1 is 1.07 bits per heavy atom. The van der Waals surface area contributed by atoms with Gasteiger partial charge >= 0.3 is 0 Å². The lowest BCUT2D eigenvalue weighted by Gasteiger charge is -2.13. The van der Waals surface area contributed by atoms with Crippen molar-refractivity contribution in [2.45, 2.75) is 32.6 Å². The Bertz CT molecular complexity index is 1580. The molecule has 1 aromatic heterocycles. The molecule has 3 aromatic carbocycles. The fourth-order valence-corrected chi connectivity index (χ4v) is 5.69. The number of fused-ring (bicyclic) bond motifs is 1. The molecule has 1 aliphatic carbocycles. The third-order valence-corrected chi connectivity index (χ3v) is 8.01. The highest BCUT2D eigenvalue weighted by Gasteiger charge is 2.15. The maximum Gasteiger partial charge on any atom is 0.123 e. The van der Waals surface area contributed by atoms with E-state index in [-0.39, 0.29) is 5.82 Å². The van der Waals surface area contributed by atoms with Crippen molar-refractivity contribution in [3.63, 3.8) is 0 Å². The van der Waals surface area contributed by atoms with Gasteiger partial charge in [0, 0.05) is 40.0 Å². The summed E-state index contributed by atoms with van der Waals surface area (Å²) in [5.41, 5.74) is 16.1. The van der Waals surface area contributed by atoms with E-state index >= 15 is 0 Å². The average Bonchev–Trinajstić information content (AvgIpc) is 3.65. The van der Waals surface area contributed by atoms with Crippen molar-refractivity contribution in [2.75, 3.05) is 18.8 Å². The minimum absolute atomic E-state index is 0.245. The fourth-order valence-electron chi connectivity index (χ4n) is 5.69. The Morgan fingerprint density at radius 3 is 2.58 bits per heavy atom. The Hall–Kier alpha value is -4.15. The maximum atomic E-state index is 13.5. The minimum Gasteiger partial charge on any atom is -0.398 e. The predicted molar refractivity (Wildman–Crippen MR) is 169 cm³/mol. The van der Waals surface area contributed by atoms with Gasteiger partial charge in [-0.1, -0.05) is 74.6 Å². The number of rotatable bonds is 10. The standard InChI is InChI=1S/C36H38FN3/c1-4-25(22-39-23-26-9-6-7-10-26)19-27(5-2)29-15-18-34(38)32(20-29)24(3)36-21-33-31(11-8-12-35(33)40-36)28-13-16-30(37)17-14-28/h4-5,8,11-21,26,39-40H,1,3,6-7,9-10,22-23,38H2,2H3/b25-19+,27-5+. The summed E-state index contributed by atoms with van der Waals surface area (Å²) in [5, 5.41) is 4.68. The second-order valence-electron chi connectivity index (χ2n) is 10.7. The molecule has 5 rings (SSSR count). The largest absolute Gasteiger partial charge is 0.398 e. The fraction of sp³-hybridized carbons (Fsp3) is 0.222. The molecule has 0 atom stereocenters. The number of nitrogens with two attached hydrogens (primary N) is 1. The number of H-pyrrole nitrogens is 1. The topological polar surface area (TPSA) is 53.8 Å². The molecule has 4 aromatic rings. The molecule has 0 unspecified atom stereocenters. The summed E-state index contributed by atoms with van der Waals surface area (Å²) in [6.45, 7) is 12.4. The number of hydrogen-bond donors (Lipinski definition) is 3. The molecule has 3 nitrogen and oxygen atoms in total. The first-order chi connectivity index (χ1) is 19.5. The van der Waals surface area contributed by atoms with Gasteiger partial charge in [0.25, 0.3) is 0 Å². The molecule has 0 bridgehead atoms. The van der Waals surface area contributed by atoms with E-state index in [2.05, 4.69) is 66.8 Å². The van der Waals surface area contributed by atoms with Gasteiger partial charge in [-0.3, -0.25) is 0 Å². The molecule has 1 heterocycles. The van der Waals surface area contributed by atoms with E-state index in [1.165, 1.54) is 37.8 Å². The third-order valence-electron chi connectivity index (χ3n) is 8.01. The first-order valence-electron chi connectivity index (χ1n) is 14.1. The van der Waals surface area contributed by atoms with E-state index < -0.39 is 0 Å². The van der Waals surface area contributed by atoms with Crippen LogP contribution in [0.5, 0.6) is 0 Å². The number of allylic oxidation sites excluding steroid dienone is 3. The first kappa shape index (κ1) is 27.4. The highest BCUT2D eigenvalue weighted by molar-refractivity contribution is 5.99. The van der Waals surface area contributed by atoms with Crippen LogP contribution in [0.3, 0.4) is 0 Å². The Morgan fingerprint density at radius 2 is 1.85 bits per heavy atom. The summed E-state index contributed by atoms with van der Waals surface area (Å²) < 4.78 is 13.5. The molecular formula is C36H38FN3. The van der Waals surface area contributed by atoms with Crippen molar-refractivity contribution in [3.05, 3.63) is 126 Å². The smallest absolute Gasteiger partial charge is 0.123 e. The molecule has 0 radical (unpaired) electrons. The average molecular weight is 532 g/mol. The van der Waals surface area contributed by atoms with Crippen LogP contribution in [0.15, 0.2) is 104 Å². The molecule has 1 aliphatic rings. The van der Waals surface area contributed by atoms with E-state index in [4.69, 9.17) is 5.73 Å². The zero-order chi connectivity index (χ0) is 28.1. The van der Waals surface area contributed by atoms with Crippen LogP contribution in [0.2, 0.25) is 0 Å². The summed E-state index contributed by atoms with van der Waals surface area (Å²) in [6, 6.07) is 20.9. The molecule has 0 saturated heterocycles. The van der Waals surface area contributed by atoms with Gasteiger partial charge in [0.05, 0.1) is 0 Å². The van der Waals surface area contributed by atoms with Crippen molar-refractivity contribution in [1.82, 2.24) is 10.3 Å². The van der Waals surface area contributed by atoms with Gasteiger partial charge in [0.2, 0.25) is 0 Å². The van der Waals surface area contributed by atoms with E-state index in [9.17, 15) is 4.39 Å². The summed E-state index contributed by atoms with van der Waals surface area (Å²) >= 11 is 0. The molecule has 4 heteroatoms. The second-order valence-corrected chi connectivity index (χ2v) is 10.7. The van der Waals surface area contributed by atoms with Crippen molar-refractivity contribution in [2.24, 2.45) is 5.92 Å². The number of benzene rings is 3. The van der Waals surface area contributed by atoms with Crippen molar-refractivity contribution in [1.29, 1.82) is 0 Å². The number of aromatic nitrogens is 1. The van der Waals surface area contributed by atoms with Crippen LogP contribution in [0.4, 0.5) is 10.1 Å². The highest BCUT2D eigenvalue weighted by Crippen LogP contribution is 2.35. The molecule has 1 saturated carbocycles. The summed E-state index contributed by atoms with van der Waals surface area (Å²) in [7, 11) is 0. The number of anilines is 1. The first-order valence-corrected chi connectivity index (χ1v) is 14.1. The van der Waals surface area contributed by atoms with Crippen LogP contribution in [0.25, 0.3) is 33.2 Å². The number of aromatic amines is 1. The quantitative estimate of drug-likeness (QED) is 0.141. The van der Waals surface area contributed by atoms with Crippen molar-refractivity contribution < 1.29 is 4.39 Å². The van der Waals surface area contributed by atoms with Gasteiger partial charge in [-0.2, -0.15) is 0 Å². The Kier molecular flexibility index (Phi) is 8.47. The molecule has 1 fully saturated rings. The molecule has 0 spiro atoms. The van der Waals surface area contributed by atoms with Gasteiger partial charge in [0.15, 0.2) is 0 Å². The zero-order valence-electron chi connectivity index (χ0n) is 23.3. The van der Waals surface area contributed by atoms with E-state index in [1.54, 1.807) is 12.1 Å². The Labute approximate surface area is 237 Å². The van der Waals surface area contributed by atoms with Crippen LogP contribution >= 0.6 is 0 Å². The Balaban J connectivity index is 1.40. The molecule has 0 amide bonds. The number of nitrogen functional groups attached to an aromatic ring is 1. The summed E-state index contributed by atoms with van der Waals surface area (Å²) in [5.74, 6) is 0.555. The number of nitrogens with one attached hydrogen (secondary N) is 2. The van der Waals surface area contributed by atoms with E-state index in [0.717, 1.165) is 74.6 Å². The van der Waals surface area contributed by atoms with Crippen molar-refractivity contribution in [3.8, 4) is 11.1 Å². The molecule has 204 valence electrons. The van der Waals surface area contributed by atoms with Gasteiger partial charge < -0.3 is 16.0 Å². The van der Waals surface area contributed by atoms with E-state index in [1.807, 2.05) is 24.3 Å². The number of hydrogen-bond acceptors (Lipinski definition) is 2. The number of halogens is 1. The monoisotopic (exact) mass is 531 g/mol. The summed E-state index contributed by atoms with van der Waals surface area (Å²) in [4.78, 5) is 3.52. The SMILES string of the molecule is C=C/C(=C\C(=C/C)c1ccc(N)c(C(=C)c2cc3c(-c4ccc(F)cc4)cccc3[nH]2)c1)CNCC1CCCC1. The second kappa shape index (κ2) is 12.4. The van der Waals surface area contributed by atoms with Crippen LogP contribution < -0.4 is 11.1 Å². The van der Waals surface area contributed by atoms with Crippen LogP contribution in [0.1, 0.15) is 49.4 Å². The summed E-state index contributed by atoms with van der Waals surface area (Å²) in [6.07, 6.45) is 11.6. The minimum atomic E-state index is -0.245. The van der Waals surface area contributed by atoms with E-state index in [0.29, 0.717) is 5.69 Å². The lowest BCUT2D eigenvalue weighted by Crippen LogP contribution is -2.23. The highest BCUT2D eigenvalue weighted by atomic mass is 19.1. The van der Waals surface area contributed by atoms with Gasteiger partial charge in [-0.25, -0.2) is 4.39 Å².